The van der Waals surface area contributed by atoms with Crippen LogP contribution in [0.25, 0.3) is 0 Å². The molecule has 22 heavy (non-hydrogen) atoms. The standard InChI is InChI=1S/C14H16O8/c1-6-8(12(16)20-3)11(14(18)22-5)9(13(17)21-4)7-10(15)19-2/h6-7H,1H2,2-5H3/b9-7-,11-8-. The summed E-state index contributed by atoms with van der Waals surface area (Å²) in [5, 5.41) is 0. The lowest BCUT2D eigenvalue weighted by Gasteiger charge is -2.11. The summed E-state index contributed by atoms with van der Waals surface area (Å²) < 4.78 is 17.9. The molecule has 0 aliphatic heterocycles. The van der Waals surface area contributed by atoms with Crippen molar-refractivity contribution in [2.45, 2.75) is 0 Å². The summed E-state index contributed by atoms with van der Waals surface area (Å²) in [6.07, 6.45) is 1.69. The van der Waals surface area contributed by atoms with E-state index >= 15 is 0 Å². The lowest BCUT2D eigenvalue weighted by Crippen LogP contribution is -2.21. The molecule has 8 heteroatoms. The topological polar surface area (TPSA) is 105 Å². The SMILES string of the molecule is C=C/C(C(=O)OC)=C(C(=O)OC)\C(=C\C(=O)OC)C(=O)OC. The fourth-order valence-electron chi connectivity index (χ4n) is 1.38. The molecule has 0 heterocycles. The van der Waals surface area contributed by atoms with E-state index in [2.05, 4.69) is 25.5 Å². The number of esters is 4. The number of hydrogen-bond acceptors (Lipinski definition) is 8. The molecule has 0 aliphatic carbocycles. The maximum absolute atomic E-state index is 11.9. The lowest BCUT2D eigenvalue weighted by molar-refractivity contribution is -0.141. The fourth-order valence-corrected chi connectivity index (χ4v) is 1.38. The zero-order valence-corrected chi connectivity index (χ0v) is 12.6. The van der Waals surface area contributed by atoms with E-state index in [0.717, 1.165) is 34.5 Å². The van der Waals surface area contributed by atoms with Crippen LogP contribution in [0.3, 0.4) is 0 Å². The van der Waals surface area contributed by atoms with Crippen molar-refractivity contribution in [2.75, 3.05) is 28.4 Å². The molecule has 0 saturated heterocycles. The van der Waals surface area contributed by atoms with Crippen LogP contribution in [-0.4, -0.2) is 52.3 Å². The van der Waals surface area contributed by atoms with Crippen LogP contribution in [0.5, 0.6) is 0 Å². The maximum atomic E-state index is 11.9. The molecule has 0 atom stereocenters. The van der Waals surface area contributed by atoms with Crippen LogP contribution in [0.2, 0.25) is 0 Å². The largest absolute Gasteiger partial charge is 0.466 e. The molecule has 0 bridgehead atoms. The van der Waals surface area contributed by atoms with E-state index in [1.165, 1.54) is 0 Å². The van der Waals surface area contributed by atoms with Gasteiger partial charge in [0, 0.05) is 6.08 Å². The van der Waals surface area contributed by atoms with Crippen molar-refractivity contribution < 1.29 is 38.1 Å². The van der Waals surface area contributed by atoms with Gasteiger partial charge in [-0.2, -0.15) is 0 Å². The summed E-state index contributed by atoms with van der Waals surface area (Å²) in [5.74, 6) is -3.99. The zero-order chi connectivity index (χ0) is 17.3. The van der Waals surface area contributed by atoms with Gasteiger partial charge in [0.1, 0.15) is 0 Å². The molecule has 0 aromatic rings. The Morgan fingerprint density at radius 2 is 1.27 bits per heavy atom. The van der Waals surface area contributed by atoms with Crippen molar-refractivity contribution in [3.8, 4) is 0 Å². The van der Waals surface area contributed by atoms with E-state index in [1.807, 2.05) is 0 Å². The van der Waals surface area contributed by atoms with Crippen LogP contribution >= 0.6 is 0 Å². The molecule has 0 aromatic carbocycles. The third-order valence-electron chi connectivity index (χ3n) is 2.41. The Kier molecular flexibility index (Phi) is 7.91. The predicted molar refractivity (Wildman–Crippen MR) is 73.4 cm³/mol. The minimum absolute atomic E-state index is 0.366. The average molecular weight is 312 g/mol. The highest BCUT2D eigenvalue weighted by Crippen LogP contribution is 2.20. The first kappa shape index (κ1) is 19.1. The smallest absolute Gasteiger partial charge is 0.339 e. The third-order valence-corrected chi connectivity index (χ3v) is 2.41. The first-order valence-corrected chi connectivity index (χ1v) is 5.79. The van der Waals surface area contributed by atoms with Crippen LogP contribution in [0.15, 0.2) is 35.5 Å². The summed E-state index contributed by atoms with van der Waals surface area (Å²) in [4.78, 5) is 46.9. The molecule has 0 amide bonds. The van der Waals surface area contributed by atoms with E-state index in [-0.39, 0.29) is 5.57 Å². The molecule has 0 N–H and O–H groups in total. The van der Waals surface area contributed by atoms with E-state index in [0.29, 0.717) is 6.08 Å². The van der Waals surface area contributed by atoms with Gasteiger partial charge in [-0.05, 0) is 0 Å². The minimum Gasteiger partial charge on any atom is -0.466 e. The molecule has 0 rings (SSSR count). The van der Waals surface area contributed by atoms with Gasteiger partial charge in [0.15, 0.2) is 0 Å². The van der Waals surface area contributed by atoms with Crippen molar-refractivity contribution in [3.05, 3.63) is 35.5 Å². The van der Waals surface area contributed by atoms with Gasteiger partial charge in [0.25, 0.3) is 0 Å². The summed E-state index contributed by atoms with van der Waals surface area (Å²) in [6, 6.07) is 0. The molecule has 0 aromatic heterocycles. The highest BCUT2D eigenvalue weighted by Gasteiger charge is 2.29. The van der Waals surface area contributed by atoms with Crippen molar-refractivity contribution >= 4 is 23.9 Å². The zero-order valence-electron chi connectivity index (χ0n) is 12.6. The molecule has 0 aliphatic rings. The monoisotopic (exact) mass is 312 g/mol. The molecule has 0 fully saturated rings. The van der Waals surface area contributed by atoms with Crippen LogP contribution in [0, 0.1) is 0 Å². The van der Waals surface area contributed by atoms with E-state index in [1.54, 1.807) is 0 Å². The summed E-state index contributed by atoms with van der Waals surface area (Å²) >= 11 is 0. The number of rotatable bonds is 6. The second kappa shape index (κ2) is 9.11. The van der Waals surface area contributed by atoms with Crippen LogP contribution in [0.4, 0.5) is 0 Å². The molecular weight excluding hydrogens is 296 g/mol. The van der Waals surface area contributed by atoms with Crippen LogP contribution in [0.1, 0.15) is 0 Å². The molecule has 0 radical (unpaired) electrons. The number of hydrogen-bond donors (Lipinski definition) is 0. The van der Waals surface area contributed by atoms with Crippen LogP contribution < -0.4 is 0 Å². The normalized spacial score (nSPS) is 11.7. The van der Waals surface area contributed by atoms with E-state index in [4.69, 9.17) is 0 Å². The summed E-state index contributed by atoms with van der Waals surface area (Å²) in [7, 11) is 4.22. The predicted octanol–water partition coefficient (Wildman–Crippen LogP) is 0.0874. The third kappa shape index (κ3) is 4.58. The number of carbonyl (C=O) groups excluding carboxylic acids is 4. The Labute approximate surface area is 127 Å². The van der Waals surface area contributed by atoms with Gasteiger partial charge >= 0.3 is 23.9 Å². The van der Waals surface area contributed by atoms with Crippen molar-refractivity contribution in [3.63, 3.8) is 0 Å². The highest BCUT2D eigenvalue weighted by molar-refractivity contribution is 6.14. The van der Waals surface area contributed by atoms with Crippen molar-refractivity contribution in [1.29, 1.82) is 0 Å². The van der Waals surface area contributed by atoms with E-state index in [9.17, 15) is 19.2 Å². The van der Waals surface area contributed by atoms with Crippen LogP contribution in [-0.2, 0) is 38.1 Å². The number of methoxy groups -OCH3 is 4. The maximum Gasteiger partial charge on any atom is 0.339 e. The second-order valence-corrected chi connectivity index (χ2v) is 3.55. The average Bonchev–Trinajstić information content (AvgIpc) is 2.55. The quantitative estimate of drug-likeness (QED) is 0.294. The Morgan fingerprint density at radius 1 is 0.773 bits per heavy atom. The van der Waals surface area contributed by atoms with Gasteiger partial charge in [-0.3, -0.25) is 0 Å². The van der Waals surface area contributed by atoms with Gasteiger partial charge in [-0.25, -0.2) is 19.2 Å². The number of carbonyl (C=O) groups is 4. The Bertz CT molecular complexity index is 553. The minimum atomic E-state index is -1.05. The lowest BCUT2D eigenvalue weighted by atomic mass is 9.99. The molecular formula is C14H16O8. The molecule has 0 unspecified atom stereocenters. The first-order valence-electron chi connectivity index (χ1n) is 5.79. The summed E-state index contributed by atoms with van der Waals surface area (Å²) in [6.45, 7) is 3.37. The van der Waals surface area contributed by atoms with E-state index < -0.39 is 35.0 Å². The Balaban J connectivity index is 6.51. The Morgan fingerprint density at radius 3 is 1.64 bits per heavy atom. The molecule has 0 saturated carbocycles. The van der Waals surface area contributed by atoms with Gasteiger partial charge < -0.3 is 18.9 Å². The summed E-state index contributed by atoms with van der Waals surface area (Å²) in [5.41, 5.74) is -1.42. The second-order valence-electron chi connectivity index (χ2n) is 3.55. The number of ether oxygens (including phenoxy) is 4. The molecule has 120 valence electrons. The highest BCUT2D eigenvalue weighted by atomic mass is 16.5. The van der Waals surface area contributed by atoms with Gasteiger partial charge in [-0.15, -0.1) is 0 Å². The molecule has 8 nitrogen and oxygen atoms in total. The van der Waals surface area contributed by atoms with Gasteiger partial charge in [-0.1, -0.05) is 12.7 Å². The fraction of sp³-hybridized carbons (Fsp3) is 0.286. The Hall–Kier alpha value is -2.90. The molecule has 0 spiro atoms. The van der Waals surface area contributed by atoms with Crippen molar-refractivity contribution in [1.82, 2.24) is 0 Å². The van der Waals surface area contributed by atoms with Gasteiger partial charge in [0.2, 0.25) is 0 Å². The van der Waals surface area contributed by atoms with Gasteiger partial charge in [0.05, 0.1) is 45.2 Å². The van der Waals surface area contributed by atoms with Crippen molar-refractivity contribution in [2.24, 2.45) is 0 Å². The first-order chi connectivity index (χ1) is 10.4.